The summed E-state index contributed by atoms with van der Waals surface area (Å²) in [7, 11) is 0. The van der Waals surface area contributed by atoms with Crippen LogP contribution in [0, 0.1) is 0 Å². The van der Waals surface area contributed by atoms with E-state index >= 15 is 0 Å². The minimum absolute atomic E-state index is 3.46. The molecule has 0 spiro atoms. The van der Waals surface area contributed by atoms with Gasteiger partial charge in [0, 0.05) is 0 Å². The van der Waals surface area contributed by atoms with Crippen LogP contribution in [0.25, 0.3) is 0 Å². The van der Waals surface area contributed by atoms with Crippen LogP contribution in [0.4, 0.5) is 26.3 Å². The van der Waals surface area contributed by atoms with Crippen molar-refractivity contribution >= 4 is 0 Å². The molecule has 2 N–H and O–H groups in total. The maximum Gasteiger partial charge on any atom is 0.377 e. The van der Waals surface area contributed by atoms with E-state index in [0.29, 0.717) is 0 Å². The molecule has 0 radical (unpaired) electrons. The third-order valence-electron chi connectivity index (χ3n) is 1.88. The van der Waals surface area contributed by atoms with Crippen LogP contribution in [0.15, 0.2) is 0 Å². The van der Waals surface area contributed by atoms with Gasteiger partial charge in [0.05, 0.1) is 0 Å². The minimum Gasteiger partial charge on any atom is -0.384 e. The molecule has 0 amide bonds. The Kier molecular flexibility index (Phi) is 1.87. The van der Waals surface area contributed by atoms with Crippen LogP contribution in [-0.4, -0.2) is 40.2 Å². The third-order valence-corrected chi connectivity index (χ3v) is 1.88. The number of hydrogen-bond acceptors (Lipinski definition) is 2. The Labute approximate surface area is 67.8 Å². The second-order valence-electron chi connectivity index (χ2n) is 2.71. The molecule has 0 unspecified atom stereocenters. The highest BCUT2D eigenvalue weighted by molar-refractivity contribution is 5.14. The molecule has 1 fully saturated rings. The van der Waals surface area contributed by atoms with Crippen LogP contribution in [0.2, 0.25) is 0 Å². The Bertz CT molecular complexity index is 205. The van der Waals surface area contributed by atoms with Gasteiger partial charge >= 0.3 is 17.8 Å². The van der Waals surface area contributed by atoms with Crippen molar-refractivity contribution in [3.05, 3.63) is 0 Å². The van der Waals surface area contributed by atoms with Gasteiger partial charge in [-0.15, -0.1) is 0 Å². The lowest BCUT2D eigenvalue weighted by atomic mass is 10.2. The van der Waals surface area contributed by atoms with E-state index in [0.717, 1.165) is 0 Å². The SMILES string of the molecule is O[C@@H]1[C@H](O)C(F)(F)C(F)(F)C1(F)F. The molecule has 0 saturated heterocycles. The Hall–Kier alpha value is -0.500. The summed E-state index contributed by atoms with van der Waals surface area (Å²) < 4.78 is 73.2. The standard InChI is InChI=1S/C5H4F6O2/c6-3(7)1(12)2(13)4(8,9)5(3,10)11/h1-2,12-13H/t1-,2+. The lowest BCUT2D eigenvalue weighted by Crippen LogP contribution is -2.49. The average molecular weight is 210 g/mol. The predicted octanol–water partition coefficient (Wildman–Crippen LogP) is 0.628. The number of halogens is 6. The van der Waals surface area contributed by atoms with Gasteiger partial charge in [-0.05, 0) is 0 Å². The molecule has 0 aromatic rings. The molecule has 78 valence electrons. The van der Waals surface area contributed by atoms with Gasteiger partial charge in [0.25, 0.3) is 0 Å². The van der Waals surface area contributed by atoms with E-state index in [9.17, 15) is 26.3 Å². The summed E-state index contributed by atoms with van der Waals surface area (Å²) in [6.07, 6.45) is -6.92. The summed E-state index contributed by atoms with van der Waals surface area (Å²) in [5, 5.41) is 16.5. The molecule has 0 aromatic carbocycles. The molecule has 0 aromatic heterocycles. The molecule has 0 bridgehead atoms. The first-order chi connectivity index (χ1) is 5.57. The molecule has 2 atom stereocenters. The normalized spacial score (nSPS) is 40.6. The van der Waals surface area contributed by atoms with Crippen LogP contribution in [0.1, 0.15) is 0 Å². The van der Waals surface area contributed by atoms with Gasteiger partial charge in [0.2, 0.25) is 0 Å². The predicted molar refractivity (Wildman–Crippen MR) is 26.9 cm³/mol. The van der Waals surface area contributed by atoms with Crippen molar-refractivity contribution in [1.82, 2.24) is 0 Å². The average Bonchev–Trinajstić information content (AvgIpc) is 2.05. The first-order valence-electron chi connectivity index (χ1n) is 3.06. The molecule has 0 heterocycles. The van der Waals surface area contributed by atoms with Gasteiger partial charge in [-0.2, -0.15) is 26.3 Å². The Morgan fingerprint density at radius 1 is 0.692 bits per heavy atom. The molecule has 1 saturated carbocycles. The van der Waals surface area contributed by atoms with Gasteiger partial charge in [0.15, 0.2) is 12.2 Å². The molecule has 1 aliphatic carbocycles. The van der Waals surface area contributed by atoms with E-state index in [-0.39, 0.29) is 0 Å². The fraction of sp³-hybridized carbons (Fsp3) is 1.00. The Balaban J connectivity index is 3.23. The smallest absolute Gasteiger partial charge is 0.377 e. The lowest BCUT2D eigenvalue weighted by molar-refractivity contribution is -0.285. The maximum atomic E-state index is 12.2. The number of rotatable bonds is 0. The summed E-state index contributed by atoms with van der Waals surface area (Å²) >= 11 is 0. The first-order valence-corrected chi connectivity index (χ1v) is 3.06. The van der Waals surface area contributed by atoms with Crippen molar-refractivity contribution in [2.45, 2.75) is 30.0 Å². The molecule has 2 nitrogen and oxygen atoms in total. The van der Waals surface area contributed by atoms with Crippen LogP contribution in [0.5, 0.6) is 0 Å². The molecule has 0 aliphatic heterocycles. The van der Waals surface area contributed by atoms with Crippen LogP contribution in [-0.2, 0) is 0 Å². The topological polar surface area (TPSA) is 40.5 Å². The van der Waals surface area contributed by atoms with E-state index in [1.807, 2.05) is 0 Å². The Morgan fingerprint density at radius 2 is 0.923 bits per heavy atom. The monoisotopic (exact) mass is 210 g/mol. The third kappa shape index (κ3) is 0.925. The highest BCUT2D eigenvalue weighted by atomic mass is 19.3. The van der Waals surface area contributed by atoms with Crippen LogP contribution in [0.3, 0.4) is 0 Å². The summed E-state index contributed by atoms with van der Waals surface area (Å²) in [5.41, 5.74) is 0. The van der Waals surface area contributed by atoms with E-state index in [2.05, 4.69) is 0 Å². The van der Waals surface area contributed by atoms with Gasteiger partial charge in [-0.1, -0.05) is 0 Å². The van der Waals surface area contributed by atoms with E-state index < -0.39 is 30.0 Å². The zero-order valence-electron chi connectivity index (χ0n) is 5.82. The van der Waals surface area contributed by atoms with E-state index in [1.54, 1.807) is 0 Å². The maximum absolute atomic E-state index is 12.2. The van der Waals surface area contributed by atoms with Crippen molar-refractivity contribution in [2.24, 2.45) is 0 Å². The van der Waals surface area contributed by atoms with E-state index in [4.69, 9.17) is 10.2 Å². The molecular formula is C5H4F6O2. The second kappa shape index (κ2) is 2.30. The summed E-state index contributed by atoms with van der Waals surface area (Å²) in [6, 6.07) is 0. The van der Waals surface area contributed by atoms with Crippen molar-refractivity contribution in [3.63, 3.8) is 0 Å². The number of hydrogen-bond donors (Lipinski definition) is 2. The highest BCUT2D eigenvalue weighted by Gasteiger charge is 2.85. The number of aliphatic hydroxyl groups excluding tert-OH is 2. The molecule has 13 heavy (non-hydrogen) atoms. The van der Waals surface area contributed by atoms with E-state index in [1.165, 1.54) is 0 Å². The zero-order chi connectivity index (χ0) is 10.7. The largest absolute Gasteiger partial charge is 0.384 e. The molecule has 1 rings (SSSR count). The van der Waals surface area contributed by atoms with Crippen LogP contribution < -0.4 is 0 Å². The first kappa shape index (κ1) is 10.6. The summed E-state index contributed by atoms with van der Waals surface area (Å²) in [5.74, 6) is -16.4. The van der Waals surface area contributed by atoms with Crippen molar-refractivity contribution in [1.29, 1.82) is 0 Å². The number of alkyl halides is 6. The fourth-order valence-electron chi connectivity index (χ4n) is 0.990. The Morgan fingerprint density at radius 3 is 1.00 bits per heavy atom. The molecule has 8 heteroatoms. The van der Waals surface area contributed by atoms with Crippen LogP contribution >= 0.6 is 0 Å². The molecule has 1 aliphatic rings. The minimum atomic E-state index is -5.74. The quantitative estimate of drug-likeness (QED) is 0.575. The van der Waals surface area contributed by atoms with Crippen molar-refractivity contribution in [3.8, 4) is 0 Å². The number of aliphatic hydroxyl groups is 2. The molecular weight excluding hydrogens is 206 g/mol. The highest BCUT2D eigenvalue weighted by Crippen LogP contribution is 2.56. The van der Waals surface area contributed by atoms with Gasteiger partial charge in [0.1, 0.15) is 0 Å². The summed E-state index contributed by atoms with van der Waals surface area (Å²) in [4.78, 5) is 0. The lowest BCUT2D eigenvalue weighted by Gasteiger charge is -2.23. The van der Waals surface area contributed by atoms with Crippen molar-refractivity contribution < 1.29 is 36.6 Å². The second-order valence-corrected chi connectivity index (χ2v) is 2.71. The van der Waals surface area contributed by atoms with Crippen molar-refractivity contribution in [2.75, 3.05) is 0 Å². The summed E-state index contributed by atoms with van der Waals surface area (Å²) in [6.45, 7) is 0. The van der Waals surface area contributed by atoms with Gasteiger partial charge in [-0.25, -0.2) is 0 Å². The zero-order valence-corrected chi connectivity index (χ0v) is 5.82. The van der Waals surface area contributed by atoms with Gasteiger partial charge in [-0.3, -0.25) is 0 Å². The fourth-order valence-corrected chi connectivity index (χ4v) is 0.990. The van der Waals surface area contributed by atoms with Gasteiger partial charge < -0.3 is 10.2 Å².